The van der Waals surface area contributed by atoms with Gasteiger partial charge in [-0.3, -0.25) is 4.99 Å². The van der Waals surface area contributed by atoms with Crippen molar-refractivity contribution in [1.82, 2.24) is 10.6 Å². The van der Waals surface area contributed by atoms with Crippen molar-refractivity contribution in [2.75, 3.05) is 13.6 Å². The van der Waals surface area contributed by atoms with Gasteiger partial charge in [0.2, 0.25) is 10.0 Å². The highest BCUT2D eigenvalue weighted by Gasteiger charge is 2.11. The lowest BCUT2D eigenvalue weighted by Crippen LogP contribution is -2.37. The largest absolute Gasteiger partial charge is 0.356 e. The Morgan fingerprint density at radius 3 is 2.57 bits per heavy atom. The molecular weight excluding hydrogens is 423 g/mol. The zero-order chi connectivity index (χ0) is 15.0. The lowest BCUT2D eigenvalue weighted by Gasteiger charge is -2.10. The van der Waals surface area contributed by atoms with Crippen molar-refractivity contribution in [3.63, 3.8) is 0 Å². The number of aliphatic imine (C=N–C) groups is 1. The van der Waals surface area contributed by atoms with E-state index in [-0.39, 0.29) is 28.2 Å². The Labute approximate surface area is 147 Å². The Morgan fingerprint density at radius 2 is 2.05 bits per heavy atom. The number of rotatable bonds is 7. The zero-order valence-electron chi connectivity index (χ0n) is 12.3. The van der Waals surface area contributed by atoms with Crippen LogP contribution in [0.2, 0.25) is 0 Å². The summed E-state index contributed by atoms with van der Waals surface area (Å²) in [5.74, 6) is 0.714. The van der Waals surface area contributed by atoms with E-state index in [1.165, 1.54) is 30.2 Å². The molecule has 0 saturated heterocycles. The van der Waals surface area contributed by atoms with Crippen LogP contribution in [-0.4, -0.2) is 28.0 Å². The number of nitrogens with zero attached hydrogens (tertiary/aromatic N) is 1. The van der Waals surface area contributed by atoms with Crippen LogP contribution in [-0.2, 0) is 16.6 Å². The highest BCUT2D eigenvalue weighted by atomic mass is 127. The molecule has 1 rings (SSSR count). The molecular formula is C12H23IN4O2S2. The van der Waals surface area contributed by atoms with Crippen LogP contribution in [0.1, 0.15) is 31.1 Å². The van der Waals surface area contributed by atoms with Crippen molar-refractivity contribution in [3.8, 4) is 0 Å². The van der Waals surface area contributed by atoms with Gasteiger partial charge < -0.3 is 10.6 Å². The van der Waals surface area contributed by atoms with Gasteiger partial charge in [-0.2, -0.15) is 0 Å². The van der Waals surface area contributed by atoms with Crippen molar-refractivity contribution >= 4 is 51.3 Å². The summed E-state index contributed by atoms with van der Waals surface area (Å²) in [7, 11) is -1.89. The molecule has 0 aromatic carbocycles. The second-order valence-electron chi connectivity index (χ2n) is 4.33. The molecule has 0 spiro atoms. The van der Waals surface area contributed by atoms with Gasteiger partial charge in [-0.25, -0.2) is 13.6 Å². The molecule has 0 aliphatic rings. The number of unbranched alkanes of at least 4 members (excludes halogenated alkanes) is 2. The number of hydrogen-bond acceptors (Lipinski definition) is 4. The molecule has 0 fully saturated rings. The highest BCUT2D eigenvalue weighted by Crippen LogP contribution is 2.19. The Morgan fingerprint density at radius 1 is 1.33 bits per heavy atom. The molecule has 0 bridgehead atoms. The first-order valence-electron chi connectivity index (χ1n) is 6.53. The Hall–Kier alpha value is -0.390. The molecule has 1 aromatic rings. The summed E-state index contributed by atoms with van der Waals surface area (Å²) in [6.07, 6.45) is 3.47. The van der Waals surface area contributed by atoms with E-state index >= 15 is 0 Å². The molecule has 0 unspecified atom stereocenters. The molecule has 0 radical (unpaired) electrons. The van der Waals surface area contributed by atoms with Crippen LogP contribution >= 0.6 is 35.3 Å². The number of halogens is 1. The topological polar surface area (TPSA) is 96.6 Å². The molecule has 0 amide bonds. The van der Waals surface area contributed by atoms with E-state index in [0.717, 1.165) is 17.8 Å². The van der Waals surface area contributed by atoms with E-state index in [0.29, 0.717) is 12.5 Å². The van der Waals surface area contributed by atoms with E-state index in [1.54, 1.807) is 13.1 Å². The maximum atomic E-state index is 11.2. The van der Waals surface area contributed by atoms with Gasteiger partial charge in [-0.05, 0) is 18.6 Å². The summed E-state index contributed by atoms with van der Waals surface area (Å²) >= 11 is 1.17. The van der Waals surface area contributed by atoms with Crippen LogP contribution in [0.3, 0.4) is 0 Å². The summed E-state index contributed by atoms with van der Waals surface area (Å²) in [5.41, 5.74) is 0. The van der Waals surface area contributed by atoms with Crippen LogP contribution < -0.4 is 15.8 Å². The molecule has 0 atom stereocenters. The van der Waals surface area contributed by atoms with Crippen molar-refractivity contribution < 1.29 is 8.42 Å². The standard InChI is InChI=1S/C12H22N4O2S2.HI/c1-3-4-5-8-15-12(14-2)16-9-10-6-7-11(19-10)20(13,17)18;/h6-7H,3-5,8-9H2,1-2H3,(H2,13,17,18)(H2,14,15,16);1H. The van der Waals surface area contributed by atoms with Gasteiger partial charge in [0, 0.05) is 18.5 Å². The molecule has 6 nitrogen and oxygen atoms in total. The molecule has 122 valence electrons. The minimum atomic E-state index is -3.60. The average Bonchev–Trinajstić information content (AvgIpc) is 2.87. The van der Waals surface area contributed by atoms with Gasteiger partial charge in [0.05, 0.1) is 6.54 Å². The molecule has 21 heavy (non-hydrogen) atoms. The quantitative estimate of drug-likeness (QED) is 0.258. The fourth-order valence-corrected chi connectivity index (χ4v) is 3.30. The van der Waals surface area contributed by atoms with E-state index in [4.69, 9.17) is 5.14 Å². The van der Waals surface area contributed by atoms with Gasteiger partial charge in [0.1, 0.15) is 4.21 Å². The summed E-state index contributed by atoms with van der Waals surface area (Å²) in [6.45, 7) is 3.56. The number of hydrogen-bond donors (Lipinski definition) is 3. The normalized spacial score (nSPS) is 11.9. The summed E-state index contributed by atoms with van der Waals surface area (Å²) < 4.78 is 22.5. The number of primary sulfonamides is 1. The van der Waals surface area contributed by atoms with Crippen LogP contribution in [0, 0.1) is 0 Å². The van der Waals surface area contributed by atoms with Gasteiger partial charge in [-0.15, -0.1) is 35.3 Å². The fraction of sp³-hybridized carbons (Fsp3) is 0.583. The zero-order valence-corrected chi connectivity index (χ0v) is 16.2. The van der Waals surface area contributed by atoms with Crippen molar-refractivity contribution in [2.45, 2.75) is 36.9 Å². The maximum absolute atomic E-state index is 11.2. The van der Waals surface area contributed by atoms with E-state index in [2.05, 4.69) is 22.5 Å². The summed E-state index contributed by atoms with van der Waals surface area (Å²) in [6, 6.07) is 3.27. The first-order valence-corrected chi connectivity index (χ1v) is 8.89. The predicted molar refractivity (Wildman–Crippen MR) is 98.8 cm³/mol. The Bertz CT molecular complexity index is 543. The third-order valence-corrected chi connectivity index (χ3v) is 5.17. The number of guanidine groups is 1. The monoisotopic (exact) mass is 446 g/mol. The van der Waals surface area contributed by atoms with E-state index < -0.39 is 10.0 Å². The first kappa shape index (κ1) is 20.6. The van der Waals surface area contributed by atoms with Gasteiger partial charge >= 0.3 is 0 Å². The third kappa shape index (κ3) is 7.98. The first-order chi connectivity index (χ1) is 9.47. The van der Waals surface area contributed by atoms with Crippen LogP contribution in [0.25, 0.3) is 0 Å². The Kier molecular flexibility index (Phi) is 10.2. The van der Waals surface area contributed by atoms with E-state index in [1.807, 2.05) is 0 Å². The number of thiophene rings is 1. The number of nitrogens with one attached hydrogen (secondary N) is 2. The maximum Gasteiger partial charge on any atom is 0.247 e. The lowest BCUT2D eigenvalue weighted by atomic mass is 10.2. The molecule has 1 aromatic heterocycles. The molecule has 0 saturated carbocycles. The minimum absolute atomic E-state index is 0. The summed E-state index contributed by atoms with van der Waals surface area (Å²) in [5, 5.41) is 11.4. The summed E-state index contributed by atoms with van der Waals surface area (Å²) in [4.78, 5) is 5.01. The molecule has 0 aliphatic heterocycles. The second kappa shape index (κ2) is 10.4. The fourth-order valence-electron chi connectivity index (χ4n) is 1.58. The minimum Gasteiger partial charge on any atom is -0.356 e. The third-order valence-electron chi connectivity index (χ3n) is 2.64. The number of sulfonamides is 1. The predicted octanol–water partition coefficient (Wildman–Crippen LogP) is 1.87. The highest BCUT2D eigenvalue weighted by molar-refractivity contribution is 14.0. The van der Waals surface area contributed by atoms with Crippen molar-refractivity contribution in [2.24, 2.45) is 10.1 Å². The van der Waals surface area contributed by atoms with Crippen LogP contribution in [0.5, 0.6) is 0 Å². The molecule has 4 N–H and O–H groups in total. The van der Waals surface area contributed by atoms with Crippen molar-refractivity contribution in [1.29, 1.82) is 0 Å². The lowest BCUT2D eigenvalue weighted by molar-refractivity contribution is 0.600. The smallest absolute Gasteiger partial charge is 0.247 e. The average molecular weight is 446 g/mol. The second-order valence-corrected chi connectivity index (χ2v) is 7.28. The van der Waals surface area contributed by atoms with Gasteiger partial charge in [0.15, 0.2) is 5.96 Å². The van der Waals surface area contributed by atoms with Gasteiger partial charge in [0.25, 0.3) is 0 Å². The molecule has 9 heteroatoms. The van der Waals surface area contributed by atoms with Crippen molar-refractivity contribution in [3.05, 3.63) is 17.0 Å². The molecule has 1 heterocycles. The SMILES string of the molecule is CCCCCNC(=NC)NCc1ccc(S(N)(=O)=O)s1.I. The molecule has 0 aliphatic carbocycles. The Balaban J connectivity index is 0.00000400. The van der Waals surface area contributed by atoms with E-state index in [9.17, 15) is 8.42 Å². The van der Waals surface area contributed by atoms with Crippen LogP contribution in [0.15, 0.2) is 21.3 Å². The number of nitrogens with two attached hydrogens (primary N) is 1. The van der Waals surface area contributed by atoms with Crippen LogP contribution in [0.4, 0.5) is 0 Å². The van der Waals surface area contributed by atoms with Gasteiger partial charge in [-0.1, -0.05) is 19.8 Å².